The Kier molecular flexibility index (Phi) is 2.87. The Balaban J connectivity index is 2.58. The lowest BCUT2D eigenvalue weighted by Gasteiger charge is -2.05. The smallest absolute Gasteiger partial charge is 0.379 e. The molecule has 0 fully saturated rings. The molecule has 0 unspecified atom stereocenters. The summed E-state index contributed by atoms with van der Waals surface area (Å²) in [6.45, 7) is 1.70. The fraction of sp³-hybridized carbons (Fsp3) is 0.154. The van der Waals surface area contributed by atoms with E-state index in [1.54, 1.807) is 13.0 Å². The predicted molar refractivity (Wildman–Crippen MR) is 62.8 cm³/mol. The van der Waals surface area contributed by atoms with E-state index in [-0.39, 0.29) is 5.56 Å². The highest BCUT2D eigenvalue weighted by atomic mass is 16.5. The van der Waals surface area contributed by atoms with Crippen molar-refractivity contribution in [3.8, 4) is 0 Å². The normalized spacial score (nSPS) is 10.2. The number of carbonyl (C=O) groups is 2. The summed E-state index contributed by atoms with van der Waals surface area (Å²) >= 11 is 0. The van der Waals surface area contributed by atoms with Gasteiger partial charge >= 0.3 is 5.97 Å². The van der Waals surface area contributed by atoms with Crippen molar-refractivity contribution in [2.24, 2.45) is 0 Å². The van der Waals surface area contributed by atoms with Gasteiger partial charge in [0, 0.05) is 11.1 Å². The Morgan fingerprint density at radius 2 is 1.94 bits per heavy atom. The lowest BCUT2D eigenvalue weighted by molar-refractivity contribution is -0.135. The number of hydrogen-bond donors (Lipinski definition) is 0. The number of para-hydroxylation sites is 1. The molecule has 0 radical (unpaired) electrons. The van der Waals surface area contributed by atoms with Crippen molar-refractivity contribution in [2.45, 2.75) is 6.92 Å². The summed E-state index contributed by atoms with van der Waals surface area (Å²) in [5.74, 6) is -1.53. The van der Waals surface area contributed by atoms with E-state index in [0.29, 0.717) is 5.69 Å². The van der Waals surface area contributed by atoms with Gasteiger partial charge in [0.15, 0.2) is 0 Å². The average Bonchev–Trinajstić information content (AvgIpc) is 2.36. The molecule has 0 amide bonds. The Morgan fingerprint density at radius 1 is 1.24 bits per heavy atom. The third kappa shape index (κ3) is 2.01. The van der Waals surface area contributed by atoms with Gasteiger partial charge in [-0.15, -0.1) is 0 Å². The molecule has 0 aliphatic heterocycles. The third-order valence-electron chi connectivity index (χ3n) is 2.53. The van der Waals surface area contributed by atoms with Crippen LogP contribution < -0.4 is 0 Å². The van der Waals surface area contributed by atoms with Crippen LogP contribution in [-0.4, -0.2) is 23.8 Å². The summed E-state index contributed by atoms with van der Waals surface area (Å²) in [6, 6.07) is 9.09. The van der Waals surface area contributed by atoms with E-state index in [1.165, 1.54) is 7.11 Å². The molecular weight excluding hydrogens is 218 g/mol. The number of benzene rings is 1. The van der Waals surface area contributed by atoms with Crippen molar-refractivity contribution in [1.29, 1.82) is 0 Å². The van der Waals surface area contributed by atoms with Gasteiger partial charge in [0.25, 0.3) is 5.78 Å². The van der Waals surface area contributed by atoms with Crippen molar-refractivity contribution < 1.29 is 14.3 Å². The Bertz CT molecular complexity index is 605. The number of ether oxygens (including phenoxy) is 1. The van der Waals surface area contributed by atoms with Crippen LogP contribution >= 0.6 is 0 Å². The van der Waals surface area contributed by atoms with Gasteiger partial charge in [-0.05, 0) is 19.1 Å². The Hall–Kier alpha value is -2.23. The summed E-state index contributed by atoms with van der Waals surface area (Å²) in [6.07, 6.45) is 0. The lowest BCUT2D eigenvalue weighted by atomic mass is 10.1. The molecule has 1 aromatic heterocycles. The average molecular weight is 229 g/mol. The van der Waals surface area contributed by atoms with Crippen LogP contribution in [0.3, 0.4) is 0 Å². The van der Waals surface area contributed by atoms with Gasteiger partial charge in [-0.2, -0.15) is 0 Å². The van der Waals surface area contributed by atoms with Gasteiger partial charge in [-0.3, -0.25) is 9.78 Å². The quantitative estimate of drug-likeness (QED) is 0.448. The number of rotatable bonds is 2. The summed E-state index contributed by atoms with van der Waals surface area (Å²) in [4.78, 5) is 27.2. The minimum absolute atomic E-state index is 0.288. The van der Waals surface area contributed by atoms with Crippen LogP contribution in [0.4, 0.5) is 0 Å². The van der Waals surface area contributed by atoms with Crippen molar-refractivity contribution in [2.75, 3.05) is 7.11 Å². The molecular formula is C13H11NO3. The molecule has 1 heterocycles. The van der Waals surface area contributed by atoms with E-state index >= 15 is 0 Å². The number of aryl methyl sites for hydroxylation is 1. The summed E-state index contributed by atoms with van der Waals surface area (Å²) in [5.41, 5.74) is 1.61. The molecule has 1 aromatic carbocycles. The maximum atomic E-state index is 11.7. The second-order valence-electron chi connectivity index (χ2n) is 3.63. The molecule has 0 N–H and O–H groups in total. The topological polar surface area (TPSA) is 56.3 Å². The second-order valence-corrected chi connectivity index (χ2v) is 3.63. The fourth-order valence-electron chi connectivity index (χ4n) is 1.64. The van der Waals surface area contributed by atoms with E-state index in [2.05, 4.69) is 9.72 Å². The number of nitrogens with zero attached hydrogens (tertiary/aromatic N) is 1. The van der Waals surface area contributed by atoms with Crippen LogP contribution in [0.25, 0.3) is 10.9 Å². The minimum atomic E-state index is -0.870. The molecule has 17 heavy (non-hydrogen) atoms. The van der Waals surface area contributed by atoms with Crippen LogP contribution in [0.15, 0.2) is 30.3 Å². The lowest BCUT2D eigenvalue weighted by Crippen LogP contribution is -2.17. The van der Waals surface area contributed by atoms with Gasteiger partial charge in [0.1, 0.15) is 0 Å². The number of methoxy groups -OCH3 is 1. The first-order valence-electron chi connectivity index (χ1n) is 5.12. The molecule has 4 heteroatoms. The van der Waals surface area contributed by atoms with E-state index in [4.69, 9.17) is 0 Å². The molecule has 0 saturated heterocycles. The highest BCUT2D eigenvalue weighted by Gasteiger charge is 2.19. The van der Waals surface area contributed by atoms with E-state index < -0.39 is 11.8 Å². The first kappa shape index (κ1) is 11.3. The van der Waals surface area contributed by atoms with Crippen LogP contribution in [-0.2, 0) is 9.53 Å². The number of Topliss-reactive ketones (excluding diaryl/α,β-unsaturated/α-hetero) is 1. The third-order valence-corrected chi connectivity index (χ3v) is 2.53. The second kappa shape index (κ2) is 4.33. The summed E-state index contributed by atoms with van der Waals surface area (Å²) < 4.78 is 4.42. The van der Waals surface area contributed by atoms with Crippen LogP contribution in [0.5, 0.6) is 0 Å². The van der Waals surface area contributed by atoms with Gasteiger partial charge in [0.2, 0.25) is 0 Å². The van der Waals surface area contributed by atoms with Crippen molar-refractivity contribution in [3.63, 3.8) is 0 Å². The molecule has 0 aliphatic rings. The van der Waals surface area contributed by atoms with Gasteiger partial charge in [-0.1, -0.05) is 18.2 Å². The first-order valence-corrected chi connectivity index (χ1v) is 5.12. The molecule has 86 valence electrons. The number of fused-ring (bicyclic) bond motifs is 1. The molecule has 0 atom stereocenters. The summed E-state index contributed by atoms with van der Waals surface area (Å²) in [7, 11) is 1.18. The number of ketones is 1. The zero-order chi connectivity index (χ0) is 12.4. The summed E-state index contributed by atoms with van der Waals surface area (Å²) in [5, 5.41) is 0.824. The van der Waals surface area contributed by atoms with E-state index in [0.717, 1.165) is 10.9 Å². The number of pyridine rings is 1. The van der Waals surface area contributed by atoms with Gasteiger partial charge in [-0.25, -0.2) is 4.79 Å². The molecule has 2 rings (SSSR count). The largest absolute Gasteiger partial charge is 0.463 e. The minimum Gasteiger partial charge on any atom is -0.463 e. The zero-order valence-electron chi connectivity index (χ0n) is 9.56. The highest BCUT2D eigenvalue weighted by molar-refractivity contribution is 6.41. The van der Waals surface area contributed by atoms with E-state index in [1.807, 2.05) is 24.3 Å². The Labute approximate surface area is 98.2 Å². The monoisotopic (exact) mass is 229 g/mol. The molecule has 0 aliphatic carbocycles. The number of aromatic nitrogens is 1. The van der Waals surface area contributed by atoms with Crippen LogP contribution in [0.2, 0.25) is 0 Å². The SMILES string of the molecule is COC(=O)C(=O)c1cc2ccccc2nc1C. The van der Waals surface area contributed by atoms with Crippen molar-refractivity contribution >= 4 is 22.7 Å². The fourth-order valence-corrected chi connectivity index (χ4v) is 1.64. The van der Waals surface area contributed by atoms with Crippen molar-refractivity contribution in [3.05, 3.63) is 41.6 Å². The van der Waals surface area contributed by atoms with Crippen LogP contribution in [0, 0.1) is 6.92 Å². The maximum Gasteiger partial charge on any atom is 0.379 e. The molecule has 4 nitrogen and oxygen atoms in total. The zero-order valence-corrected chi connectivity index (χ0v) is 9.56. The van der Waals surface area contributed by atoms with Crippen LogP contribution in [0.1, 0.15) is 16.1 Å². The standard InChI is InChI=1S/C13H11NO3/c1-8-10(12(15)13(16)17-2)7-9-5-3-4-6-11(9)14-8/h3-7H,1-2H3. The number of carbonyl (C=O) groups excluding carboxylic acids is 2. The number of hydrogen-bond acceptors (Lipinski definition) is 4. The molecule has 0 saturated carbocycles. The molecule has 0 spiro atoms. The first-order chi connectivity index (χ1) is 8.13. The molecule has 2 aromatic rings. The van der Waals surface area contributed by atoms with Crippen molar-refractivity contribution in [1.82, 2.24) is 4.98 Å². The Morgan fingerprint density at radius 3 is 2.65 bits per heavy atom. The number of esters is 1. The predicted octanol–water partition coefficient (Wildman–Crippen LogP) is 1.90. The molecule has 0 bridgehead atoms. The maximum absolute atomic E-state index is 11.7. The van der Waals surface area contributed by atoms with E-state index in [9.17, 15) is 9.59 Å². The highest BCUT2D eigenvalue weighted by Crippen LogP contribution is 2.16. The van der Waals surface area contributed by atoms with Gasteiger partial charge in [0.05, 0.1) is 18.2 Å². The van der Waals surface area contributed by atoms with Gasteiger partial charge < -0.3 is 4.74 Å².